The van der Waals surface area contributed by atoms with Gasteiger partial charge in [0.2, 0.25) is 0 Å². The summed E-state index contributed by atoms with van der Waals surface area (Å²) < 4.78 is 0. The van der Waals surface area contributed by atoms with Crippen LogP contribution in [0.5, 0.6) is 0 Å². The van der Waals surface area contributed by atoms with Crippen LogP contribution in [0.4, 0.5) is 0 Å². The number of carbonyl (C=O) groups is 1. The summed E-state index contributed by atoms with van der Waals surface area (Å²) in [5.41, 5.74) is -1.02. The van der Waals surface area contributed by atoms with Crippen molar-refractivity contribution in [3.8, 4) is 0 Å². The Morgan fingerprint density at radius 3 is 1.72 bits per heavy atom. The molecule has 3 N–H and O–H groups in total. The second-order valence-corrected chi connectivity index (χ2v) is 7.82. The van der Waals surface area contributed by atoms with Crippen molar-refractivity contribution in [2.75, 3.05) is 6.61 Å². The first kappa shape index (κ1) is 24.4. The Balaban J connectivity index is 3.87. The Morgan fingerprint density at radius 1 is 0.840 bits per heavy atom. The van der Waals surface area contributed by atoms with Crippen molar-refractivity contribution in [2.45, 2.75) is 116 Å². The monoisotopic (exact) mass is 358 g/mol. The first-order chi connectivity index (χ1) is 11.9. The Kier molecular flexibility index (Phi) is 15.2. The lowest BCUT2D eigenvalue weighted by atomic mass is 9.81. The van der Waals surface area contributed by atoms with Crippen molar-refractivity contribution in [1.29, 1.82) is 0 Å². The number of hydrogen-bond donors (Lipinski definition) is 3. The molecule has 0 aliphatic rings. The van der Waals surface area contributed by atoms with Gasteiger partial charge in [-0.15, -0.1) is 0 Å². The predicted molar refractivity (Wildman–Crippen MR) is 104 cm³/mol. The summed E-state index contributed by atoms with van der Waals surface area (Å²) >= 11 is 0. The number of aliphatic carboxylic acids is 1. The van der Waals surface area contributed by atoms with Gasteiger partial charge in [-0.25, -0.2) is 0 Å². The molecule has 2 unspecified atom stereocenters. The molecule has 0 radical (unpaired) electrons. The standard InChI is InChI=1S/C21H42O4/c1-3-4-5-6-7-8-9-10-12-15-19(21(2,25)18-22)16-13-11-14-17-20(23)24/h19,22,25H,3-18H2,1-2H3,(H,23,24). The van der Waals surface area contributed by atoms with Crippen molar-refractivity contribution in [1.82, 2.24) is 0 Å². The van der Waals surface area contributed by atoms with E-state index in [2.05, 4.69) is 6.92 Å². The second-order valence-electron chi connectivity index (χ2n) is 7.82. The summed E-state index contributed by atoms with van der Waals surface area (Å²) in [6.07, 6.45) is 16.1. The Labute approximate surface area is 155 Å². The van der Waals surface area contributed by atoms with Gasteiger partial charge in [0.25, 0.3) is 0 Å². The Morgan fingerprint density at radius 2 is 1.28 bits per heavy atom. The minimum atomic E-state index is -1.02. The fraction of sp³-hybridized carbons (Fsp3) is 0.952. The molecular weight excluding hydrogens is 316 g/mol. The van der Waals surface area contributed by atoms with Gasteiger partial charge >= 0.3 is 5.97 Å². The minimum absolute atomic E-state index is 0.104. The first-order valence-corrected chi connectivity index (χ1v) is 10.5. The molecule has 0 aromatic heterocycles. The number of unbranched alkanes of at least 4 members (excludes halogenated alkanes) is 10. The lowest BCUT2D eigenvalue weighted by Crippen LogP contribution is -2.38. The molecule has 0 aliphatic heterocycles. The Bertz CT molecular complexity index is 315. The van der Waals surface area contributed by atoms with Gasteiger partial charge in [-0.05, 0) is 32.1 Å². The van der Waals surface area contributed by atoms with Gasteiger partial charge in [0.15, 0.2) is 0 Å². The summed E-state index contributed by atoms with van der Waals surface area (Å²) in [5, 5.41) is 28.5. The van der Waals surface area contributed by atoms with E-state index in [1.807, 2.05) is 0 Å². The number of carboxylic acid groups (broad SMARTS) is 1. The highest BCUT2D eigenvalue weighted by Gasteiger charge is 2.30. The molecule has 4 heteroatoms. The van der Waals surface area contributed by atoms with E-state index in [0.717, 1.165) is 32.1 Å². The number of aliphatic hydroxyl groups is 2. The van der Waals surface area contributed by atoms with Crippen LogP contribution in [0.2, 0.25) is 0 Å². The molecule has 0 amide bonds. The summed E-state index contributed by atoms with van der Waals surface area (Å²) in [6.45, 7) is 3.76. The summed E-state index contributed by atoms with van der Waals surface area (Å²) in [5.74, 6) is -0.638. The quantitative estimate of drug-likeness (QED) is 0.290. The third kappa shape index (κ3) is 14.3. The number of aliphatic hydroxyl groups excluding tert-OH is 1. The fourth-order valence-electron chi connectivity index (χ4n) is 3.44. The van der Waals surface area contributed by atoms with E-state index in [9.17, 15) is 15.0 Å². The fourth-order valence-corrected chi connectivity index (χ4v) is 3.44. The van der Waals surface area contributed by atoms with Crippen LogP contribution in [-0.2, 0) is 4.79 Å². The number of hydrogen-bond acceptors (Lipinski definition) is 3. The molecule has 0 aromatic rings. The van der Waals surface area contributed by atoms with Gasteiger partial charge in [0, 0.05) is 6.42 Å². The second kappa shape index (κ2) is 15.6. The highest BCUT2D eigenvalue weighted by atomic mass is 16.4. The average Bonchev–Trinajstić information content (AvgIpc) is 2.57. The van der Waals surface area contributed by atoms with E-state index in [1.165, 1.54) is 51.4 Å². The van der Waals surface area contributed by atoms with Crippen molar-refractivity contribution in [3.63, 3.8) is 0 Å². The molecule has 0 bridgehead atoms. The SMILES string of the molecule is CCCCCCCCCCCC(CCCCCC(=O)O)C(C)(O)CO. The highest BCUT2D eigenvalue weighted by molar-refractivity contribution is 5.66. The van der Waals surface area contributed by atoms with Gasteiger partial charge in [0.05, 0.1) is 12.2 Å². The van der Waals surface area contributed by atoms with Crippen molar-refractivity contribution < 1.29 is 20.1 Å². The van der Waals surface area contributed by atoms with Crippen molar-refractivity contribution in [2.24, 2.45) is 5.92 Å². The molecule has 25 heavy (non-hydrogen) atoms. The molecule has 0 aliphatic carbocycles. The van der Waals surface area contributed by atoms with E-state index in [0.29, 0.717) is 6.42 Å². The van der Waals surface area contributed by atoms with Crippen LogP contribution in [0.3, 0.4) is 0 Å². The van der Waals surface area contributed by atoms with Gasteiger partial charge in [-0.3, -0.25) is 4.79 Å². The molecule has 4 nitrogen and oxygen atoms in total. The molecule has 0 saturated carbocycles. The number of carboxylic acids is 1. The maximum absolute atomic E-state index is 10.5. The van der Waals surface area contributed by atoms with Crippen molar-refractivity contribution in [3.05, 3.63) is 0 Å². The maximum Gasteiger partial charge on any atom is 0.303 e. The minimum Gasteiger partial charge on any atom is -0.481 e. The van der Waals surface area contributed by atoms with Crippen LogP contribution in [0.15, 0.2) is 0 Å². The topological polar surface area (TPSA) is 77.8 Å². The summed E-state index contributed by atoms with van der Waals surface area (Å²) in [7, 11) is 0. The smallest absolute Gasteiger partial charge is 0.303 e. The van der Waals surface area contributed by atoms with Crippen LogP contribution in [0.25, 0.3) is 0 Å². The molecule has 0 spiro atoms. The molecule has 150 valence electrons. The lowest BCUT2D eigenvalue weighted by Gasteiger charge is -2.31. The first-order valence-electron chi connectivity index (χ1n) is 10.5. The largest absolute Gasteiger partial charge is 0.481 e. The number of rotatable bonds is 18. The molecule has 0 rings (SSSR count). The molecule has 0 aromatic carbocycles. The molecular formula is C21H42O4. The third-order valence-corrected chi connectivity index (χ3v) is 5.30. The zero-order valence-corrected chi connectivity index (χ0v) is 16.6. The van der Waals surface area contributed by atoms with Crippen LogP contribution in [0, 0.1) is 5.92 Å². The third-order valence-electron chi connectivity index (χ3n) is 5.30. The van der Waals surface area contributed by atoms with E-state index >= 15 is 0 Å². The molecule has 0 saturated heterocycles. The molecule has 0 fully saturated rings. The van der Waals surface area contributed by atoms with Crippen LogP contribution >= 0.6 is 0 Å². The van der Waals surface area contributed by atoms with E-state index in [4.69, 9.17) is 5.11 Å². The van der Waals surface area contributed by atoms with E-state index in [1.54, 1.807) is 6.92 Å². The van der Waals surface area contributed by atoms with Crippen molar-refractivity contribution >= 4 is 5.97 Å². The molecule has 0 heterocycles. The van der Waals surface area contributed by atoms with Crippen LogP contribution < -0.4 is 0 Å². The normalized spacial score (nSPS) is 15.0. The zero-order chi connectivity index (χ0) is 19.0. The summed E-state index contributed by atoms with van der Waals surface area (Å²) in [4.78, 5) is 10.5. The predicted octanol–water partition coefficient (Wildman–Crippen LogP) is 5.30. The zero-order valence-electron chi connectivity index (χ0n) is 16.6. The summed E-state index contributed by atoms with van der Waals surface area (Å²) in [6, 6.07) is 0. The van der Waals surface area contributed by atoms with Crippen LogP contribution in [0.1, 0.15) is 110 Å². The van der Waals surface area contributed by atoms with Gasteiger partial charge < -0.3 is 15.3 Å². The maximum atomic E-state index is 10.5. The highest BCUT2D eigenvalue weighted by Crippen LogP contribution is 2.28. The lowest BCUT2D eigenvalue weighted by molar-refractivity contribution is -0.137. The average molecular weight is 359 g/mol. The van der Waals surface area contributed by atoms with E-state index < -0.39 is 11.6 Å². The van der Waals surface area contributed by atoms with Gasteiger partial charge in [-0.2, -0.15) is 0 Å². The Hall–Kier alpha value is -0.610. The van der Waals surface area contributed by atoms with Gasteiger partial charge in [-0.1, -0.05) is 77.6 Å². The molecule has 2 atom stereocenters. The van der Waals surface area contributed by atoms with E-state index in [-0.39, 0.29) is 18.9 Å². The van der Waals surface area contributed by atoms with Gasteiger partial charge in [0.1, 0.15) is 0 Å². The van der Waals surface area contributed by atoms with Crippen LogP contribution in [-0.4, -0.2) is 33.5 Å².